The Kier molecular flexibility index (Phi) is 2.26. The van der Waals surface area contributed by atoms with Crippen LogP contribution in [0.4, 0.5) is 0 Å². The summed E-state index contributed by atoms with van der Waals surface area (Å²) in [5.41, 5.74) is 2.39. The molecule has 0 N–H and O–H groups in total. The third-order valence-corrected chi connectivity index (χ3v) is 3.58. The van der Waals surface area contributed by atoms with E-state index in [1.165, 1.54) is 6.33 Å². The summed E-state index contributed by atoms with van der Waals surface area (Å²) >= 11 is 6.13. The van der Waals surface area contributed by atoms with Crippen LogP contribution >= 0.6 is 11.6 Å². The van der Waals surface area contributed by atoms with Gasteiger partial charge in [0, 0.05) is 12.0 Å². The fraction of sp³-hybridized carbons (Fsp3) is 0.143. The number of nitrogens with zero attached hydrogens (tertiary/aromatic N) is 2. The van der Waals surface area contributed by atoms with Crippen LogP contribution in [0.25, 0.3) is 22.4 Å². The molecule has 0 amide bonds. The van der Waals surface area contributed by atoms with Crippen molar-refractivity contribution < 1.29 is 9.15 Å². The highest BCUT2D eigenvalue weighted by atomic mass is 35.5. The average molecular weight is 273 g/mol. The lowest BCUT2D eigenvalue weighted by Gasteiger charge is -2.03. The number of hydrogen-bond acceptors (Lipinski definition) is 4. The summed E-state index contributed by atoms with van der Waals surface area (Å²) in [6, 6.07) is 7.78. The Labute approximate surface area is 114 Å². The third-order valence-electron chi connectivity index (χ3n) is 3.26. The Bertz CT molecular complexity index is 782. The first-order valence-electron chi connectivity index (χ1n) is 5.98. The molecule has 1 aliphatic rings. The number of halogens is 1. The van der Waals surface area contributed by atoms with Crippen LogP contribution in [0.5, 0.6) is 5.75 Å². The molecule has 19 heavy (non-hydrogen) atoms. The van der Waals surface area contributed by atoms with Crippen molar-refractivity contribution in [1.82, 2.24) is 9.97 Å². The molecule has 94 valence electrons. The highest BCUT2D eigenvalue weighted by Gasteiger charge is 2.25. The van der Waals surface area contributed by atoms with Gasteiger partial charge in [-0.15, -0.1) is 0 Å². The normalized spacial score (nSPS) is 13.5. The van der Waals surface area contributed by atoms with Crippen molar-refractivity contribution in [2.75, 3.05) is 6.61 Å². The number of ether oxygens (including phenoxy) is 1. The van der Waals surface area contributed by atoms with E-state index < -0.39 is 0 Å². The fourth-order valence-corrected chi connectivity index (χ4v) is 2.61. The van der Waals surface area contributed by atoms with Crippen LogP contribution in [0.2, 0.25) is 5.15 Å². The summed E-state index contributed by atoms with van der Waals surface area (Å²) in [5.74, 6) is 1.38. The van der Waals surface area contributed by atoms with Gasteiger partial charge in [0.15, 0.2) is 11.5 Å². The standard InChI is InChI=1S/C14H9ClN2O2/c15-14-9-5-6-18-12-8-3-1-2-4-10(8)19-13(12)11(9)16-7-17-14/h1-4,7H,5-6H2. The van der Waals surface area contributed by atoms with Crippen LogP contribution in [0.3, 0.4) is 0 Å². The molecule has 0 saturated heterocycles. The van der Waals surface area contributed by atoms with Gasteiger partial charge in [-0.25, -0.2) is 9.97 Å². The molecule has 5 heteroatoms. The minimum atomic E-state index is 0.460. The largest absolute Gasteiger partial charge is 0.488 e. The first kappa shape index (κ1) is 10.8. The van der Waals surface area contributed by atoms with Crippen molar-refractivity contribution in [3.63, 3.8) is 0 Å². The monoisotopic (exact) mass is 272 g/mol. The van der Waals surface area contributed by atoms with E-state index in [-0.39, 0.29) is 0 Å². The van der Waals surface area contributed by atoms with Gasteiger partial charge in [0.1, 0.15) is 22.8 Å². The van der Waals surface area contributed by atoms with E-state index in [0.717, 1.165) is 28.0 Å². The van der Waals surface area contributed by atoms with Crippen molar-refractivity contribution >= 4 is 22.6 Å². The molecule has 2 aromatic heterocycles. The number of aromatic nitrogens is 2. The van der Waals surface area contributed by atoms with Crippen LogP contribution in [0, 0.1) is 0 Å². The lowest BCUT2D eigenvalue weighted by Crippen LogP contribution is -2.00. The van der Waals surface area contributed by atoms with E-state index in [1.54, 1.807) is 0 Å². The molecular weight excluding hydrogens is 264 g/mol. The van der Waals surface area contributed by atoms with E-state index in [0.29, 0.717) is 23.9 Å². The van der Waals surface area contributed by atoms with Crippen LogP contribution in [0.1, 0.15) is 5.56 Å². The quantitative estimate of drug-likeness (QED) is 0.588. The number of fused-ring (bicyclic) bond motifs is 5. The number of para-hydroxylation sites is 1. The lowest BCUT2D eigenvalue weighted by molar-refractivity contribution is 0.327. The van der Waals surface area contributed by atoms with Crippen molar-refractivity contribution in [1.29, 1.82) is 0 Å². The van der Waals surface area contributed by atoms with Crippen LogP contribution in [0.15, 0.2) is 35.0 Å². The molecule has 0 saturated carbocycles. The molecule has 4 nitrogen and oxygen atoms in total. The van der Waals surface area contributed by atoms with Crippen molar-refractivity contribution in [3.8, 4) is 17.2 Å². The van der Waals surface area contributed by atoms with Crippen LogP contribution in [-0.4, -0.2) is 16.6 Å². The first-order valence-corrected chi connectivity index (χ1v) is 6.36. The molecule has 0 fully saturated rings. The Hall–Kier alpha value is -2.07. The second-order valence-corrected chi connectivity index (χ2v) is 4.70. The first-order chi connectivity index (χ1) is 9.34. The van der Waals surface area contributed by atoms with Crippen molar-refractivity contribution in [3.05, 3.63) is 41.3 Å². The van der Waals surface area contributed by atoms with Gasteiger partial charge < -0.3 is 9.15 Å². The van der Waals surface area contributed by atoms with E-state index in [1.807, 2.05) is 24.3 Å². The Balaban J connectivity index is 2.09. The van der Waals surface area contributed by atoms with Crippen molar-refractivity contribution in [2.24, 2.45) is 0 Å². The van der Waals surface area contributed by atoms with Crippen LogP contribution in [-0.2, 0) is 6.42 Å². The molecule has 1 aliphatic heterocycles. The smallest absolute Gasteiger partial charge is 0.196 e. The third kappa shape index (κ3) is 1.53. The number of benzene rings is 1. The van der Waals surface area contributed by atoms with Crippen LogP contribution < -0.4 is 4.74 Å². The average Bonchev–Trinajstić information content (AvgIpc) is 2.69. The Morgan fingerprint density at radius 1 is 1.16 bits per heavy atom. The molecular formula is C14H9ClN2O2. The Morgan fingerprint density at radius 3 is 3.00 bits per heavy atom. The minimum absolute atomic E-state index is 0.460. The summed E-state index contributed by atoms with van der Waals surface area (Å²) in [4.78, 5) is 8.33. The summed E-state index contributed by atoms with van der Waals surface area (Å²) < 4.78 is 11.7. The summed E-state index contributed by atoms with van der Waals surface area (Å²) in [6.45, 7) is 0.538. The maximum atomic E-state index is 6.13. The molecule has 1 aromatic carbocycles. The topological polar surface area (TPSA) is 48.2 Å². The summed E-state index contributed by atoms with van der Waals surface area (Å²) in [6.07, 6.45) is 2.12. The van der Waals surface area contributed by atoms with E-state index in [9.17, 15) is 0 Å². The lowest BCUT2D eigenvalue weighted by atomic mass is 10.1. The van der Waals surface area contributed by atoms with Gasteiger partial charge in [-0.2, -0.15) is 0 Å². The summed E-state index contributed by atoms with van der Waals surface area (Å²) in [7, 11) is 0. The van der Waals surface area contributed by atoms with Gasteiger partial charge in [-0.1, -0.05) is 23.7 Å². The van der Waals surface area contributed by atoms with Gasteiger partial charge in [0.25, 0.3) is 0 Å². The predicted octanol–water partition coefficient (Wildman–Crippen LogP) is 3.48. The van der Waals surface area contributed by atoms with E-state index in [4.69, 9.17) is 20.8 Å². The molecule has 0 bridgehead atoms. The second kappa shape index (κ2) is 3.96. The second-order valence-electron chi connectivity index (χ2n) is 4.35. The van der Waals surface area contributed by atoms with Gasteiger partial charge in [0.2, 0.25) is 0 Å². The maximum Gasteiger partial charge on any atom is 0.196 e. The molecule has 0 spiro atoms. The zero-order chi connectivity index (χ0) is 12.8. The highest BCUT2D eigenvalue weighted by molar-refractivity contribution is 6.30. The fourth-order valence-electron chi connectivity index (χ4n) is 2.38. The predicted molar refractivity (Wildman–Crippen MR) is 71.4 cm³/mol. The minimum Gasteiger partial charge on any atom is -0.488 e. The zero-order valence-electron chi connectivity index (χ0n) is 9.89. The van der Waals surface area contributed by atoms with Crippen molar-refractivity contribution in [2.45, 2.75) is 6.42 Å². The van der Waals surface area contributed by atoms with Gasteiger partial charge >= 0.3 is 0 Å². The molecule has 0 radical (unpaired) electrons. The number of furan rings is 1. The number of rotatable bonds is 0. The molecule has 0 atom stereocenters. The molecule has 3 heterocycles. The number of hydrogen-bond donors (Lipinski definition) is 0. The van der Waals surface area contributed by atoms with E-state index >= 15 is 0 Å². The zero-order valence-corrected chi connectivity index (χ0v) is 10.6. The SMILES string of the molecule is Clc1ncnc2c1CCOc1c-2oc2ccccc12. The van der Waals surface area contributed by atoms with Gasteiger partial charge in [-0.05, 0) is 12.1 Å². The molecule has 0 aliphatic carbocycles. The molecule has 4 rings (SSSR count). The van der Waals surface area contributed by atoms with E-state index in [2.05, 4.69) is 9.97 Å². The molecule has 3 aromatic rings. The summed E-state index contributed by atoms with van der Waals surface area (Å²) in [5, 5.41) is 1.42. The molecule has 0 unspecified atom stereocenters. The van der Waals surface area contributed by atoms with Gasteiger partial charge in [0.05, 0.1) is 12.0 Å². The maximum absolute atomic E-state index is 6.13. The Morgan fingerprint density at radius 2 is 2.05 bits per heavy atom. The van der Waals surface area contributed by atoms with Gasteiger partial charge in [-0.3, -0.25) is 0 Å². The highest BCUT2D eigenvalue weighted by Crippen LogP contribution is 2.42.